The van der Waals surface area contributed by atoms with E-state index in [1.54, 1.807) is 9.47 Å². The molecule has 1 amide bonds. The van der Waals surface area contributed by atoms with Crippen LogP contribution in [-0.2, 0) is 6.54 Å². The van der Waals surface area contributed by atoms with Crippen molar-refractivity contribution in [3.05, 3.63) is 52.0 Å². The third-order valence-electron chi connectivity index (χ3n) is 5.44. The van der Waals surface area contributed by atoms with Crippen molar-refractivity contribution < 1.29 is 18.8 Å². The predicted molar refractivity (Wildman–Crippen MR) is 101 cm³/mol. The Kier molecular flexibility index (Phi) is 4.95. The molecule has 154 valence electrons. The van der Waals surface area contributed by atoms with Crippen molar-refractivity contribution in [2.45, 2.75) is 25.5 Å². The summed E-state index contributed by atoms with van der Waals surface area (Å²) in [6.07, 6.45) is 2.11. The van der Waals surface area contributed by atoms with Crippen LogP contribution < -0.4 is 4.74 Å². The van der Waals surface area contributed by atoms with Crippen molar-refractivity contribution in [3.8, 4) is 6.01 Å². The summed E-state index contributed by atoms with van der Waals surface area (Å²) in [4.78, 5) is 30.9. The van der Waals surface area contributed by atoms with Crippen LogP contribution >= 0.6 is 0 Å². The standard InChI is InChI=1S/C19H22FN5O4/c1-19(6-7-24-12-16(25(27)28)21-18(24)29-19)13-22-8-10-23(11-9-22)17(26)14-2-4-15(20)5-3-14/h2-5,12H,6-11,13H2,1H3. The molecule has 2 aromatic rings. The van der Waals surface area contributed by atoms with E-state index in [1.165, 1.54) is 30.5 Å². The Bertz CT molecular complexity index is 923. The molecule has 29 heavy (non-hydrogen) atoms. The zero-order valence-electron chi connectivity index (χ0n) is 16.1. The second-order valence-corrected chi connectivity index (χ2v) is 7.71. The first-order valence-electron chi connectivity index (χ1n) is 9.51. The van der Waals surface area contributed by atoms with Gasteiger partial charge in [0.2, 0.25) is 0 Å². The molecule has 0 bridgehead atoms. The Labute approximate surface area is 166 Å². The number of carbonyl (C=O) groups is 1. The maximum absolute atomic E-state index is 13.1. The summed E-state index contributed by atoms with van der Waals surface area (Å²) in [6.45, 7) is 5.77. The lowest BCUT2D eigenvalue weighted by atomic mass is 9.99. The number of benzene rings is 1. The molecule has 3 heterocycles. The minimum Gasteiger partial charge on any atom is -0.438 e. The number of aromatic nitrogens is 2. The molecule has 2 aliphatic rings. The second kappa shape index (κ2) is 7.43. The second-order valence-electron chi connectivity index (χ2n) is 7.71. The zero-order valence-corrected chi connectivity index (χ0v) is 16.1. The van der Waals surface area contributed by atoms with Crippen LogP contribution in [-0.4, -0.2) is 68.5 Å². The third-order valence-corrected chi connectivity index (χ3v) is 5.44. The molecule has 0 N–H and O–H groups in total. The van der Waals surface area contributed by atoms with Gasteiger partial charge in [-0.25, -0.2) is 4.39 Å². The molecule has 2 aliphatic heterocycles. The van der Waals surface area contributed by atoms with Crippen molar-refractivity contribution in [1.82, 2.24) is 19.4 Å². The maximum atomic E-state index is 13.1. The molecular weight excluding hydrogens is 381 g/mol. The number of rotatable bonds is 4. The molecule has 1 atom stereocenters. The highest BCUT2D eigenvalue weighted by Crippen LogP contribution is 2.30. The number of halogens is 1. The normalized spacial score (nSPS) is 22.1. The van der Waals surface area contributed by atoms with Gasteiger partial charge in [-0.2, -0.15) is 0 Å². The zero-order chi connectivity index (χ0) is 20.6. The number of piperazine rings is 1. The highest BCUT2D eigenvalue weighted by Gasteiger charge is 2.38. The van der Waals surface area contributed by atoms with E-state index in [2.05, 4.69) is 9.88 Å². The molecule has 0 spiro atoms. The number of carbonyl (C=O) groups excluding carboxylic acids is 1. The van der Waals surface area contributed by atoms with Gasteiger partial charge in [0.05, 0.1) is 0 Å². The van der Waals surface area contributed by atoms with Gasteiger partial charge in [-0.3, -0.25) is 14.3 Å². The smallest absolute Gasteiger partial charge is 0.414 e. The first-order chi connectivity index (χ1) is 13.8. The van der Waals surface area contributed by atoms with Gasteiger partial charge in [0.15, 0.2) is 0 Å². The van der Waals surface area contributed by atoms with E-state index in [1.807, 2.05) is 6.92 Å². The molecule has 0 aliphatic carbocycles. The van der Waals surface area contributed by atoms with Crippen LogP contribution in [0.15, 0.2) is 30.5 Å². The van der Waals surface area contributed by atoms with E-state index in [4.69, 9.17) is 4.74 Å². The number of fused-ring (bicyclic) bond motifs is 1. The number of aryl methyl sites for hydroxylation is 1. The van der Waals surface area contributed by atoms with E-state index in [9.17, 15) is 19.3 Å². The minimum absolute atomic E-state index is 0.0980. The van der Waals surface area contributed by atoms with Gasteiger partial charge >= 0.3 is 11.8 Å². The van der Waals surface area contributed by atoms with Crippen LogP contribution in [0.25, 0.3) is 0 Å². The summed E-state index contributed by atoms with van der Waals surface area (Å²) in [7, 11) is 0. The monoisotopic (exact) mass is 403 g/mol. The summed E-state index contributed by atoms with van der Waals surface area (Å²) < 4.78 is 20.7. The SMILES string of the molecule is CC1(CN2CCN(C(=O)c3ccc(F)cc3)CC2)CCn2cc([N+](=O)[O-])nc2O1. The fraction of sp³-hybridized carbons (Fsp3) is 0.474. The van der Waals surface area contributed by atoms with E-state index in [0.29, 0.717) is 51.3 Å². The summed E-state index contributed by atoms with van der Waals surface area (Å²) in [6, 6.07) is 5.86. The Morgan fingerprint density at radius 2 is 1.93 bits per heavy atom. The van der Waals surface area contributed by atoms with Gasteiger partial charge in [0, 0.05) is 56.2 Å². The summed E-state index contributed by atoms with van der Waals surface area (Å²) in [5.74, 6) is -0.672. The van der Waals surface area contributed by atoms with E-state index in [-0.39, 0.29) is 23.6 Å². The maximum Gasteiger partial charge on any atom is 0.414 e. The van der Waals surface area contributed by atoms with E-state index < -0.39 is 10.5 Å². The lowest BCUT2D eigenvalue weighted by Crippen LogP contribution is -2.55. The average molecular weight is 403 g/mol. The van der Waals surface area contributed by atoms with Gasteiger partial charge < -0.3 is 19.8 Å². The molecule has 1 aromatic carbocycles. The molecule has 0 saturated carbocycles. The van der Waals surface area contributed by atoms with Gasteiger partial charge in [0.1, 0.15) is 17.6 Å². The highest BCUT2D eigenvalue weighted by atomic mass is 19.1. The highest BCUT2D eigenvalue weighted by molar-refractivity contribution is 5.94. The number of amides is 1. The topological polar surface area (TPSA) is 93.7 Å². The fourth-order valence-corrected chi connectivity index (χ4v) is 3.81. The van der Waals surface area contributed by atoms with Crippen molar-refractivity contribution in [2.75, 3.05) is 32.7 Å². The molecule has 10 heteroatoms. The molecule has 1 fully saturated rings. The Morgan fingerprint density at radius 3 is 2.59 bits per heavy atom. The Balaban J connectivity index is 1.34. The van der Waals surface area contributed by atoms with Crippen molar-refractivity contribution in [2.24, 2.45) is 0 Å². The predicted octanol–water partition coefficient (Wildman–Crippen LogP) is 1.93. The number of nitro groups is 1. The fourth-order valence-electron chi connectivity index (χ4n) is 3.81. The van der Waals surface area contributed by atoms with Crippen LogP contribution in [0.1, 0.15) is 23.7 Å². The lowest BCUT2D eigenvalue weighted by Gasteiger charge is -2.41. The minimum atomic E-state index is -0.524. The van der Waals surface area contributed by atoms with Gasteiger partial charge in [-0.05, 0) is 36.1 Å². The molecular formula is C19H22FN5O4. The molecule has 1 aromatic heterocycles. The third kappa shape index (κ3) is 4.07. The van der Waals surface area contributed by atoms with Crippen molar-refractivity contribution in [3.63, 3.8) is 0 Å². The number of nitrogens with zero attached hydrogens (tertiary/aromatic N) is 5. The van der Waals surface area contributed by atoms with Crippen LogP contribution in [0, 0.1) is 15.9 Å². The van der Waals surface area contributed by atoms with E-state index >= 15 is 0 Å². The first kappa shape index (κ1) is 19.3. The lowest BCUT2D eigenvalue weighted by molar-refractivity contribution is -0.389. The Morgan fingerprint density at radius 1 is 1.24 bits per heavy atom. The number of hydrogen-bond acceptors (Lipinski definition) is 6. The summed E-state index contributed by atoms with van der Waals surface area (Å²) >= 11 is 0. The summed E-state index contributed by atoms with van der Waals surface area (Å²) in [5, 5.41) is 10.9. The largest absolute Gasteiger partial charge is 0.438 e. The van der Waals surface area contributed by atoms with Crippen LogP contribution in [0.3, 0.4) is 0 Å². The van der Waals surface area contributed by atoms with Crippen molar-refractivity contribution in [1.29, 1.82) is 0 Å². The van der Waals surface area contributed by atoms with Gasteiger partial charge in [-0.1, -0.05) is 0 Å². The quantitative estimate of drug-likeness (QED) is 0.572. The van der Waals surface area contributed by atoms with Crippen LogP contribution in [0.2, 0.25) is 0 Å². The molecule has 4 rings (SSSR count). The number of imidazole rings is 1. The average Bonchev–Trinajstić information content (AvgIpc) is 3.11. The molecule has 1 saturated heterocycles. The summed E-state index contributed by atoms with van der Waals surface area (Å²) in [5.41, 5.74) is -0.0194. The molecule has 0 radical (unpaired) electrons. The van der Waals surface area contributed by atoms with Gasteiger partial charge in [-0.15, -0.1) is 0 Å². The van der Waals surface area contributed by atoms with Crippen molar-refractivity contribution >= 4 is 11.7 Å². The van der Waals surface area contributed by atoms with Crippen LogP contribution in [0.5, 0.6) is 6.01 Å². The molecule has 9 nitrogen and oxygen atoms in total. The first-order valence-corrected chi connectivity index (χ1v) is 9.51. The number of ether oxygens (including phenoxy) is 1. The molecule has 1 unspecified atom stereocenters. The van der Waals surface area contributed by atoms with Crippen LogP contribution in [0.4, 0.5) is 10.2 Å². The van der Waals surface area contributed by atoms with E-state index in [0.717, 1.165) is 0 Å². The number of hydrogen-bond donors (Lipinski definition) is 0. The van der Waals surface area contributed by atoms with Gasteiger partial charge in [0.25, 0.3) is 5.91 Å². The Hall–Kier alpha value is -3.01.